The zero-order valence-corrected chi connectivity index (χ0v) is 11.8. The van der Waals surface area contributed by atoms with Gasteiger partial charge in [0.15, 0.2) is 0 Å². The van der Waals surface area contributed by atoms with Crippen molar-refractivity contribution in [2.24, 2.45) is 0 Å². The maximum Gasteiger partial charge on any atom is 0.335 e. The van der Waals surface area contributed by atoms with E-state index in [0.29, 0.717) is 16.9 Å². The molecule has 6 heteroatoms. The van der Waals surface area contributed by atoms with Crippen molar-refractivity contribution in [2.75, 3.05) is 10.6 Å². The number of urea groups is 1. The highest BCUT2D eigenvalue weighted by atomic mass is 16.4. The first-order valence-corrected chi connectivity index (χ1v) is 6.41. The number of carbonyl (C=O) groups is 2. The summed E-state index contributed by atoms with van der Waals surface area (Å²) >= 11 is 0. The molecule has 3 N–H and O–H groups in total. The van der Waals surface area contributed by atoms with Crippen molar-refractivity contribution in [3.63, 3.8) is 0 Å². The van der Waals surface area contributed by atoms with Gasteiger partial charge in [0.25, 0.3) is 0 Å². The largest absolute Gasteiger partial charge is 0.478 e. The molecule has 0 aliphatic rings. The van der Waals surface area contributed by atoms with Crippen LogP contribution in [0, 0.1) is 18.3 Å². The lowest BCUT2D eigenvalue weighted by Gasteiger charge is -2.10. The molecule has 0 radical (unpaired) electrons. The van der Waals surface area contributed by atoms with Crippen LogP contribution < -0.4 is 10.6 Å². The standard InChI is InChI=1S/C16H13N3O3/c1-10-2-5-12(15(20)21)8-14(10)19-16(22)18-13-6-3-11(9-17)4-7-13/h2-8H,1H3,(H,20,21)(H2,18,19,22). The van der Waals surface area contributed by atoms with Gasteiger partial charge >= 0.3 is 12.0 Å². The minimum atomic E-state index is -1.06. The Bertz CT molecular complexity index is 761. The van der Waals surface area contributed by atoms with Crippen LogP contribution in [0.3, 0.4) is 0 Å². The van der Waals surface area contributed by atoms with Crippen molar-refractivity contribution in [1.82, 2.24) is 0 Å². The van der Waals surface area contributed by atoms with E-state index in [-0.39, 0.29) is 5.56 Å². The first-order chi connectivity index (χ1) is 10.5. The van der Waals surface area contributed by atoms with Crippen LogP contribution in [0.5, 0.6) is 0 Å². The number of nitrogens with zero attached hydrogens (tertiary/aromatic N) is 1. The quantitative estimate of drug-likeness (QED) is 0.809. The molecule has 2 aromatic carbocycles. The number of carbonyl (C=O) groups excluding carboxylic acids is 1. The maximum absolute atomic E-state index is 11.9. The number of benzene rings is 2. The smallest absolute Gasteiger partial charge is 0.335 e. The second-order valence-corrected chi connectivity index (χ2v) is 4.60. The topological polar surface area (TPSA) is 102 Å². The monoisotopic (exact) mass is 295 g/mol. The van der Waals surface area contributed by atoms with Crippen LogP contribution in [-0.4, -0.2) is 17.1 Å². The fourth-order valence-corrected chi connectivity index (χ4v) is 1.80. The zero-order chi connectivity index (χ0) is 16.1. The summed E-state index contributed by atoms with van der Waals surface area (Å²) in [6.07, 6.45) is 0. The van der Waals surface area contributed by atoms with Gasteiger partial charge in [0, 0.05) is 11.4 Å². The number of aryl methyl sites for hydroxylation is 1. The third kappa shape index (κ3) is 3.61. The lowest BCUT2D eigenvalue weighted by atomic mass is 10.1. The summed E-state index contributed by atoms with van der Waals surface area (Å²) < 4.78 is 0. The minimum Gasteiger partial charge on any atom is -0.478 e. The molecule has 0 unspecified atom stereocenters. The second kappa shape index (κ2) is 6.41. The van der Waals surface area contributed by atoms with E-state index in [1.807, 2.05) is 6.07 Å². The number of hydrogen-bond donors (Lipinski definition) is 3. The molecule has 2 amide bonds. The highest BCUT2D eigenvalue weighted by Gasteiger charge is 2.09. The number of rotatable bonds is 3. The predicted octanol–water partition coefficient (Wildman–Crippen LogP) is 3.21. The van der Waals surface area contributed by atoms with Crippen LogP contribution in [0.2, 0.25) is 0 Å². The van der Waals surface area contributed by atoms with E-state index in [1.54, 1.807) is 37.3 Å². The first kappa shape index (κ1) is 15.1. The Labute approximate surface area is 127 Å². The molecule has 0 heterocycles. The van der Waals surface area contributed by atoms with Crippen LogP contribution in [0.25, 0.3) is 0 Å². The van der Waals surface area contributed by atoms with Crippen molar-refractivity contribution in [3.8, 4) is 6.07 Å². The molecule has 0 aliphatic heterocycles. The van der Waals surface area contributed by atoms with Crippen molar-refractivity contribution >= 4 is 23.4 Å². The molecule has 0 aromatic heterocycles. The molecule has 0 bridgehead atoms. The van der Waals surface area contributed by atoms with E-state index in [0.717, 1.165) is 5.56 Å². The number of aromatic carboxylic acids is 1. The average molecular weight is 295 g/mol. The molecule has 0 spiro atoms. The molecule has 0 fully saturated rings. The van der Waals surface area contributed by atoms with Crippen molar-refractivity contribution in [1.29, 1.82) is 5.26 Å². The van der Waals surface area contributed by atoms with Gasteiger partial charge in [-0.05, 0) is 48.9 Å². The number of anilines is 2. The Balaban J connectivity index is 2.10. The Morgan fingerprint density at radius 2 is 1.77 bits per heavy atom. The number of amides is 2. The van der Waals surface area contributed by atoms with E-state index in [1.165, 1.54) is 12.1 Å². The third-order valence-electron chi connectivity index (χ3n) is 3.00. The molecule has 110 valence electrons. The van der Waals surface area contributed by atoms with Crippen molar-refractivity contribution in [2.45, 2.75) is 6.92 Å². The zero-order valence-electron chi connectivity index (χ0n) is 11.8. The van der Waals surface area contributed by atoms with Crippen LogP contribution in [0.4, 0.5) is 16.2 Å². The number of nitriles is 1. The molecule has 2 rings (SSSR count). The Morgan fingerprint density at radius 1 is 1.09 bits per heavy atom. The summed E-state index contributed by atoms with van der Waals surface area (Å²) in [5.41, 5.74) is 2.30. The number of carboxylic acids is 1. The third-order valence-corrected chi connectivity index (χ3v) is 3.00. The van der Waals surface area contributed by atoms with Gasteiger partial charge in [0.05, 0.1) is 17.2 Å². The van der Waals surface area contributed by atoms with E-state index in [2.05, 4.69) is 10.6 Å². The Morgan fingerprint density at radius 3 is 2.36 bits per heavy atom. The summed E-state index contributed by atoms with van der Waals surface area (Å²) in [6, 6.07) is 12.4. The first-order valence-electron chi connectivity index (χ1n) is 6.41. The van der Waals surface area contributed by atoms with E-state index in [4.69, 9.17) is 10.4 Å². The van der Waals surface area contributed by atoms with Gasteiger partial charge in [-0.25, -0.2) is 9.59 Å². The fourth-order valence-electron chi connectivity index (χ4n) is 1.80. The highest BCUT2D eigenvalue weighted by molar-refractivity contribution is 6.01. The van der Waals surface area contributed by atoms with Crippen LogP contribution in [0.1, 0.15) is 21.5 Å². The van der Waals surface area contributed by atoms with Gasteiger partial charge in [0.2, 0.25) is 0 Å². The fraction of sp³-hybridized carbons (Fsp3) is 0.0625. The van der Waals surface area contributed by atoms with Crippen LogP contribution >= 0.6 is 0 Å². The highest BCUT2D eigenvalue weighted by Crippen LogP contribution is 2.17. The molecule has 0 saturated carbocycles. The Hall–Kier alpha value is -3.33. The summed E-state index contributed by atoms with van der Waals surface area (Å²) in [7, 11) is 0. The molecular formula is C16H13N3O3. The maximum atomic E-state index is 11.9. The van der Waals surface area contributed by atoms with Gasteiger partial charge in [0.1, 0.15) is 0 Å². The SMILES string of the molecule is Cc1ccc(C(=O)O)cc1NC(=O)Nc1ccc(C#N)cc1. The molecule has 2 aromatic rings. The Kier molecular flexibility index (Phi) is 4.39. The molecule has 6 nitrogen and oxygen atoms in total. The van der Waals surface area contributed by atoms with E-state index < -0.39 is 12.0 Å². The molecule has 0 atom stereocenters. The molecular weight excluding hydrogens is 282 g/mol. The average Bonchev–Trinajstić information content (AvgIpc) is 2.50. The number of nitrogens with one attached hydrogen (secondary N) is 2. The summed E-state index contributed by atoms with van der Waals surface area (Å²) in [6.45, 7) is 1.77. The van der Waals surface area contributed by atoms with Crippen molar-refractivity contribution in [3.05, 3.63) is 59.2 Å². The number of hydrogen-bond acceptors (Lipinski definition) is 3. The minimum absolute atomic E-state index is 0.0965. The summed E-state index contributed by atoms with van der Waals surface area (Å²) in [5, 5.41) is 22.9. The lowest BCUT2D eigenvalue weighted by molar-refractivity contribution is 0.0697. The lowest BCUT2D eigenvalue weighted by Crippen LogP contribution is -2.20. The van der Waals surface area contributed by atoms with Crippen molar-refractivity contribution < 1.29 is 14.7 Å². The second-order valence-electron chi connectivity index (χ2n) is 4.60. The van der Waals surface area contributed by atoms with E-state index in [9.17, 15) is 9.59 Å². The van der Waals surface area contributed by atoms with Crippen LogP contribution in [-0.2, 0) is 0 Å². The molecule has 0 aliphatic carbocycles. The normalized spacial score (nSPS) is 9.64. The molecule has 0 saturated heterocycles. The van der Waals surface area contributed by atoms with Gasteiger partial charge in [-0.1, -0.05) is 6.07 Å². The summed E-state index contributed by atoms with van der Waals surface area (Å²) in [4.78, 5) is 22.9. The summed E-state index contributed by atoms with van der Waals surface area (Å²) in [5.74, 6) is -1.06. The van der Waals surface area contributed by atoms with Gasteiger partial charge in [-0.15, -0.1) is 0 Å². The molecule has 22 heavy (non-hydrogen) atoms. The van der Waals surface area contributed by atoms with E-state index >= 15 is 0 Å². The van der Waals surface area contributed by atoms with Crippen LogP contribution in [0.15, 0.2) is 42.5 Å². The van der Waals surface area contributed by atoms with Gasteiger partial charge in [-0.2, -0.15) is 5.26 Å². The predicted molar refractivity (Wildman–Crippen MR) is 81.9 cm³/mol. The number of carboxylic acid groups (broad SMARTS) is 1. The van der Waals surface area contributed by atoms with Gasteiger partial charge < -0.3 is 15.7 Å². The van der Waals surface area contributed by atoms with Gasteiger partial charge in [-0.3, -0.25) is 0 Å².